The van der Waals surface area contributed by atoms with E-state index in [9.17, 15) is 4.79 Å². The highest BCUT2D eigenvalue weighted by Gasteiger charge is 2.28. The van der Waals surface area contributed by atoms with Gasteiger partial charge in [-0.05, 0) is 48.4 Å². The van der Waals surface area contributed by atoms with Crippen LogP contribution in [0.15, 0.2) is 91.1 Å². The molecule has 0 unspecified atom stereocenters. The SMILES string of the molecule is Cc1ccc(C2=C[C@@H](c3ccc(Cl)cc3)n3ncc(C(=O)Nc4ccccc4)c3N2)cc1. The van der Waals surface area contributed by atoms with Crippen LogP contribution in [0.2, 0.25) is 5.02 Å². The summed E-state index contributed by atoms with van der Waals surface area (Å²) in [5, 5.41) is 11.6. The maximum atomic E-state index is 13.1. The Morgan fingerprint density at radius 3 is 2.44 bits per heavy atom. The Hall–Kier alpha value is -3.83. The smallest absolute Gasteiger partial charge is 0.261 e. The minimum Gasteiger partial charge on any atom is -0.339 e. The highest BCUT2D eigenvalue weighted by molar-refractivity contribution is 6.30. The van der Waals surface area contributed by atoms with Gasteiger partial charge >= 0.3 is 0 Å². The third kappa shape index (κ3) is 3.90. The van der Waals surface area contributed by atoms with Crippen LogP contribution in [0.4, 0.5) is 11.5 Å². The maximum Gasteiger partial charge on any atom is 0.261 e. The molecule has 1 aliphatic heterocycles. The van der Waals surface area contributed by atoms with Crippen molar-refractivity contribution < 1.29 is 4.79 Å². The van der Waals surface area contributed by atoms with Crippen LogP contribution in [0.25, 0.3) is 5.70 Å². The number of nitrogens with zero attached hydrogens (tertiary/aromatic N) is 2. The molecule has 0 bridgehead atoms. The molecule has 5 rings (SSSR count). The van der Waals surface area contributed by atoms with Crippen molar-refractivity contribution in [2.45, 2.75) is 13.0 Å². The van der Waals surface area contributed by atoms with Crippen molar-refractivity contribution in [2.24, 2.45) is 0 Å². The van der Waals surface area contributed by atoms with Gasteiger partial charge in [-0.1, -0.05) is 71.8 Å². The molecule has 2 heterocycles. The Kier molecular flexibility index (Phi) is 5.25. The fourth-order valence-corrected chi connectivity index (χ4v) is 3.91. The average Bonchev–Trinajstić information content (AvgIpc) is 3.24. The van der Waals surface area contributed by atoms with E-state index < -0.39 is 0 Å². The Balaban J connectivity index is 1.56. The van der Waals surface area contributed by atoms with Gasteiger partial charge in [0.1, 0.15) is 11.4 Å². The number of halogens is 1. The lowest BCUT2D eigenvalue weighted by atomic mass is 10.0. The molecule has 0 fully saturated rings. The Morgan fingerprint density at radius 2 is 1.72 bits per heavy atom. The molecular formula is C26H21ClN4O. The van der Waals surface area contributed by atoms with Gasteiger partial charge in [-0.2, -0.15) is 5.10 Å². The van der Waals surface area contributed by atoms with Gasteiger partial charge in [0.15, 0.2) is 0 Å². The van der Waals surface area contributed by atoms with Gasteiger partial charge in [0.25, 0.3) is 5.91 Å². The van der Waals surface area contributed by atoms with Crippen LogP contribution >= 0.6 is 11.6 Å². The highest BCUT2D eigenvalue weighted by atomic mass is 35.5. The number of hydrogen-bond acceptors (Lipinski definition) is 3. The molecular weight excluding hydrogens is 420 g/mol. The largest absolute Gasteiger partial charge is 0.339 e. The maximum absolute atomic E-state index is 13.1. The number of aromatic nitrogens is 2. The van der Waals surface area contributed by atoms with Gasteiger partial charge in [-0.25, -0.2) is 4.68 Å². The second-order valence-electron chi connectivity index (χ2n) is 7.74. The normalized spacial score (nSPS) is 14.8. The van der Waals surface area contributed by atoms with Crippen molar-refractivity contribution in [3.8, 4) is 0 Å². The zero-order valence-corrected chi connectivity index (χ0v) is 18.2. The van der Waals surface area contributed by atoms with E-state index in [0.717, 1.165) is 22.5 Å². The minimum atomic E-state index is -0.218. The molecule has 0 aliphatic carbocycles. The molecule has 0 spiro atoms. The van der Waals surface area contributed by atoms with E-state index in [1.165, 1.54) is 5.56 Å². The molecule has 5 nitrogen and oxygen atoms in total. The number of amides is 1. The van der Waals surface area contributed by atoms with Crippen molar-refractivity contribution in [1.82, 2.24) is 9.78 Å². The van der Waals surface area contributed by atoms with Crippen molar-refractivity contribution in [1.29, 1.82) is 0 Å². The van der Waals surface area contributed by atoms with Gasteiger partial charge in [0, 0.05) is 16.4 Å². The number of anilines is 2. The standard InChI is InChI=1S/C26H21ClN4O/c1-17-7-9-18(10-8-17)23-15-24(19-11-13-20(27)14-12-19)31-25(30-23)22(16-28-31)26(32)29-21-5-3-2-4-6-21/h2-16,24,30H,1H3,(H,29,32)/t24-/m0/s1. The van der Waals surface area contributed by atoms with E-state index >= 15 is 0 Å². The van der Waals surface area contributed by atoms with E-state index in [-0.39, 0.29) is 11.9 Å². The topological polar surface area (TPSA) is 59.0 Å². The summed E-state index contributed by atoms with van der Waals surface area (Å²) in [4.78, 5) is 13.1. The van der Waals surface area contributed by atoms with Crippen molar-refractivity contribution in [3.63, 3.8) is 0 Å². The van der Waals surface area contributed by atoms with Crippen molar-refractivity contribution >= 4 is 34.7 Å². The third-order valence-electron chi connectivity index (χ3n) is 5.49. The van der Waals surface area contributed by atoms with E-state index in [1.54, 1.807) is 6.20 Å². The fourth-order valence-electron chi connectivity index (χ4n) is 3.78. The molecule has 1 atom stereocenters. The van der Waals surface area contributed by atoms with Crippen LogP contribution in [0.3, 0.4) is 0 Å². The van der Waals surface area contributed by atoms with Crippen molar-refractivity contribution in [3.05, 3.63) is 118 Å². The Labute approximate surface area is 191 Å². The second kappa shape index (κ2) is 8.36. The van der Waals surface area contributed by atoms with Crippen LogP contribution < -0.4 is 10.6 Å². The van der Waals surface area contributed by atoms with Gasteiger partial charge in [-0.3, -0.25) is 4.79 Å². The molecule has 32 heavy (non-hydrogen) atoms. The first-order valence-corrected chi connectivity index (χ1v) is 10.7. The molecule has 1 amide bonds. The third-order valence-corrected chi connectivity index (χ3v) is 5.74. The molecule has 1 aliphatic rings. The monoisotopic (exact) mass is 440 g/mol. The molecule has 0 saturated heterocycles. The molecule has 2 N–H and O–H groups in total. The first-order valence-electron chi connectivity index (χ1n) is 10.3. The van der Waals surface area contributed by atoms with Crippen molar-refractivity contribution in [2.75, 3.05) is 10.6 Å². The number of aryl methyl sites for hydroxylation is 1. The molecule has 1 aromatic heterocycles. The lowest BCUT2D eigenvalue weighted by Crippen LogP contribution is -2.22. The van der Waals surface area contributed by atoms with Crippen LogP contribution in [0.5, 0.6) is 0 Å². The summed E-state index contributed by atoms with van der Waals surface area (Å²) in [6.07, 6.45) is 3.72. The zero-order chi connectivity index (χ0) is 22.1. The summed E-state index contributed by atoms with van der Waals surface area (Å²) >= 11 is 6.11. The number of allylic oxidation sites excluding steroid dienone is 1. The van der Waals surface area contributed by atoms with Crippen LogP contribution in [-0.2, 0) is 0 Å². The number of para-hydroxylation sites is 1. The number of carbonyl (C=O) groups excluding carboxylic acids is 1. The molecule has 6 heteroatoms. The van der Waals surface area contributed by atoms with Crippen LogP contribution in [-0.4, -0.2) is 15.7 Å². The predicted molar refractivity (Wildman–Crippen MR) is 129 cm³/mol. The lowest BCUT2D eigenvalue weighted by molar-refractivity contribution is 0.102. The minimum absolute atomic E-state index is 0.182. The summed E-state index contributed by atoms with van der Waals surface area (Å²) in [6.45, 7) is 2.06. The summed E-state index contributed by atoms with van der Waals surface area (Å²) in [7, 11) is 0. The first kappa shape index (κ1) is 20.1. The Bertz CT molecular complexity index is 1290. The molecule has 0 radical (unpaired) electrons. The lowest BCUT2D eigenvalue weighted by Gasteiger charge is -2.26. The predicted octanol–water partition coefficient (Wildman–Crippen LogP) is 6.15. The summed E-state index contributed by atoms with van der Waals surface area (Å²) in [5.41, 5.74) is 5.39. The highest BCUT2D eigenvalue weighted by Crippen LogP contribution is 2.35. The summed E-state index contributed by atoms with van der Waals surface area (Å²) in [6, 6.07) is 25.2. The number of benzene rings is 3. The van der Waals surface area contributed by atoms with E-state index in [0.29, 0.717) is 16.4 Å². The fraction of sp³-hybridized carbons (Fsp3) is 0.0769. The number of nitrogens with one attached hydrogen (secondary N) is 2. The van der Waals surface area contributed by atoms with Gasteiger partial charge in [0.05, 0.1) is 12.2 Å². The number of hydrogen-bond donors (Lipinski definition) is 2. The number of fused-ring (bicyclic) bond motifs is 1. The zero-order valence-electron chi connectivity index (χ0n) is 17.4. The molecule has 3 aromatic carbocycles. The molecule has 4 aromatic rings. The van der Waals surface area contributed by atoms with Gasteiger partial charge < -0.3 is 10.6 Å². The van der Waals surface area contributed by atoms with Gasteiger partial charge in [0.2, 0.25) is 0 Å². The first-order chi connectivity index (χ1) is 15.6. The Morgan fingerprint density at radius 1 is 1.00 bits per heavy atom. The average molecular weight is 441 g/mol. The summed E-state index contributed by atoms with van der Waals surface area (Å²) < 4.78 is 1.83. The quantitative estimate of drug-likeness (QED) is 0.400. The number of rotatable bonds is 4. The van der Waals surface area contributed by atoms with Crippen LogP contribution in [0, 0.1) is 6.92 Å². The van der Waals surface area contributed by atoms with E-state index in [4.69, 9.17) is 11.6 Å². The van der Waals surface area contributed by atoms with E-state index in [1.807, 2.05) is 59.3 Å². The number of carbonyl (C=O) groups is 1. The second-order valence-corrected chi connectivity index (χ2v) is 8.18. The van der Waals surface area contributed by atoms with E-state index in [2.05, 4.69) is 53.0 Å². The molecule has 158 valence electrons. The van der Waals surface area contributed by atoms with Crippen LogP contribution in [0.1, 0.15) is 33.1 Å². The summed E-state index contributed by atoms with van der Waals surface area (Å²) in [5.74, 6) is 0.432. The molecule has 0 saturated carbocycles. The van der Waals surface area contributed by atoms with Gasteiger partial charge in [-0.15, -0.1) is 0 Å².